The van der Waals surface area contributed by atoms with Gasteiger partial charge >= 0.3 is 0 Å². The van der Waals surface area contributed by atoms with Crippen molar-refractivity contribution in [3.05, 3.63) is 58.4 Å². The summed E-state index contributed by atoms with van der Waals surface area (Å²) in [6, 6.07) is 8.76. The largest absolute Gasteiger partial charge is 0.507 e. The maximum atomic E-state index is 13.5. The molecule has 0 aliphatic carbocycles. The molecule has 0 saturated heterocycles. The topological polar surface area (TPSA) is 49.3 Å². The molecule has 0 unspecified atom stereocenters. The van der Waals surface area contributed by atoms with Gasteiger partial charge in [-0.2, -0.15) is 0 Å². The molecule has 0 aliphatic rings. The Morgan fingerprint density at radius 2 is 2.05 bits per heavy atom. The number of amides is 1. The molecule has 0 saturated carbocycles. The van der Waals surface area contributed by atoms with E-state index in [2.05, 4.69) is 5.32 Å². The van der Waals surface area contributed by atoms with Crippen molar-refractivity contribution in [2.75, 3.05) is 5.32 Å². The van der Waals surface area contributed by atoms with Crippen LogP contribution in [-0.2, 0) is 0 Å². The van der Waals surface area contributed by atoms with Crippen LogP contribution in [0.4, 0.5) is 10.1 Å². The molecular formula is C14H11ClFNO2. The maximum Gasteiger partial charge on any atom is 0.262 e. The van der Waals surface area contributed by atoms with Crippen LogP contribution in [0.15, 0.2) is 36.4 Å². The summed E-state index contributed by atoms with van der Waals surface area (Å²) >= 11 is 5.94. The molecule has 0 radical (unpaired) electrons. The number of carbonyl (C=O) groups is 1. The molecule has 2 aromatic rings. The van der Waals surface area contributed by atoms with Crippen molar-refractivity contribution in [3.8, 4) is 5.75 Å². The van der Waals surface area contributed by atoms with Gasteiger partial charge in [-0.3, -0.25) is 4.79 Å². The molecule has 5 heteroatoms. The summed E-state index contributed by atoms with van der Waals surface area (Å²) in [7, 11) is 0. The maximum absolute atomic E-state index is 13.5. The summed E-state index contributed by atoms with van der Waals surface area (Å²) in [5.74, 6) is -1.95. The molecule has 2 N–H and O–H groups in total. The Bertz CT molecular complexity index is 623. The summed E-state index contributed by atoms with van der Waals surface area (Å²) in [6.07, 6.45) is 0. The summed E-state index contributed by atoms with van der Waals surface area (Å²) < 4.78 is 13.5. The van der Waals surface area contributed by atoms with E-state index in [1.165, 1.54) is 12.1 Å². The number of carbonyl (C=O) groups excluding carboxylic acids is 1. The first-order chi connectivity index (χ1) is 8.99. The fourth-order valence-electron chi connectivity index (χ4n) is 1.66. The zero-order valence-corrected chi connectivity index (χ0v) is 10.8. The standard InChI is InChI=1S/C14H11ClFNO2/c1-8-5-6-9(15)11(7-8)17-14(19)13-10(16)3-2-4-12(13)18/h2-7,18H,1H3,(H,17,19). The lowest BCUT2D eigenvalue weighted by Crippen LogP contribution is -2.14. The van der Waals surface area contributed by atoms with Gasteiger partial charge in [0.1, 0.15) is 17.1 Å². The van der Waals surface area contributed by atoms with Crippen LogP contribution in [0.2, 0.25) is 5.02 Å². The quantitative estimate of drug-likeness (QED) is 0.880. The van der Waals surface area contributed by atoms with Crippen molar-refractivity contribution in [1.29, 1.82) is 0 Å². The second-order valence-electron chi connectivity index (χ2n) is 4.07. The molecule has 0 aromatic heterocycles. The molecule has 1 amide bonds. The van der Waals surface area contributed by atoms with Crippen LogP contribution in [0.1, 0.15) is 15.9 Å². The fourth-order valence-corrected chi connectivity index (χ4v) is 1.82. The van der Waals surface area contributed by atoms with E-state index >= 15 is 0 Å². The van der Waals surface area contributed by atoms with Crippen LogP contribution in [0, 0.1) is 12.7 Å². The number of benzene rings is 2. The van der Waals surface area contributed by atoms with Gasteiger partial charge in [0.05, 0.1) is 10.7 Å². The highest BCUT2D eigenvalue weighted by Crippen LogP contribution is 2.26. The van der Waals surface area contributed by atoms with Crippen molar-refractivity contribution in [2.24, 2.45) is 0 Å². The third-order valence-corrected chi connectivity index (χ3v) is 2.92. The predicted molar refractivity (Wildman–Crippen MR) is 72.2 cm³/mol. The highest BCUT2D eigenvalue weighted by Gasteiger charge is 2.17. The van der Waals surface area contributed by atoms with Gasteiger partial charge < -0.3 is 10.4 Å². The van der Waals surface area contributed by atoms with Crippen LogP contribution in [0.5, 0.6) is 5.75 Å². The average Bonchev–Trinajstić information content (AvgIpc) is 2.33. The minimum Gasteiger partial charge on any atom is -0.507 e. The van der Waals surface area contributed by atoms with E-state index in [0.29, 0.717) is 10.7 Å². The first-order valence-corrected chi connectivity index (χ1v) is 5.92. The molecule has 98 valence electrons. The molecular weight excluding hydrogens is 269 g/mol. The number of phenols is 1. The van der Waals surface area contributed by atoms with Crippen molar-refractivity contribution >= 4 is 23.2 Å². The van der Waals surface area contributed by atoms with E-state index in [9.17, 15) is 14.3 Å². The lowest BCUT2D eigenvalue weighted by atomic mass is 10.1. The highest BCUT2D eigenvalue weighted by molar-refractivity contribution is 6.34. The smallest absolute Gasteiger partial charge is 0.262 e. The fraction of sp³-hybridized carbons (Fsp3) is 0.0714. The van der Waals surface area contributed by atoms with Gasteiger partial charge in [-0.1, -0.05) is 23.7 Å². The van der Waals surface area contributed by atoms with Gasteiger partial charge in [0, 0.05) is 0 Å². The number of hydrogen-bond acceptors (Lipinski definition) is 2. The number of rotatable bonds is 2. The lowest BCUT2D eigenvalue weighted by Gasteiger charge is -2.09. The zero-order valence-electron chi connectivity index (χ0n) is 10.1. The molecule has 0 fully saturated rings. The number of halogens is 2. The monoisotopic (exact) mass is 279 g/mol. The van der Waals surface area contributed by atoms with Crippen molar-refractivity contribution in [2.45, 2.75) is 6.92 Å². The second-order valence-corrected chi connectivity index (χ2v) is 4.48. The number of phenolic OH excluding ortho intramolecular Hbond substituents is 1. The minimum atomic E-state index is -0.790. The van der Waals surface area contributed by atoms with Gasteiger partial charge in [-0.05, 0) is 36.8 Å². The molecule has 3 nitrogen and oxygen atoms in total. The van der Waals surface area contributed by atoms with Crippen LogP contribution < -0.4 is 5.32 Å². The van der Waals surface area contributed by atoms with E-state index < -0.39 is 23.0 Å². The molecule has 0 bridgehead atoms. The Balaban J connectivity index is 2.34. The van der Waals surface area contributed by atoms with Crippen molar-refractivity contribution in [1.82, 2.24) is 0 Å². The molecule has 2 aromatic carbocycles. The molecule has 0 atom stereocenters. The number of anilines is 1. The number of hydrogen-bond donors (Lipinski definition) is 2. The van der Waals surface area contributed by atoms with Gasteiger partial charge in [-0.15, -0.1) is 0 Å². The van der Waals surface area contributed by atoms with Crippen LogP contribution >= 0.6 is 11.6 Å². The Labute approximate surface area is 114 Å². The Morgan fingerprint density at radius 1 is 1.32 bits per heavy atom. The Kier molecular flexibility index (Phi) is 3.71. The third-order valence-electron chi connectivity index (χ3n) is 2.59. The average molecular weight is 280 g/mol. The van der Waals surface area contributed by atoms with Crippen LogP contribution in [0.3, 0.4) is 0 Å². The first kappa shape index (κ1) is 13.4. The van der Waals surface area contributed by atoms with Crippen LogP contribution in [-0.4, -0.2) is 11.0 Å². The summed E-state index contributed by atoms with van der Waals surface area (Å²) in [4.78, 5) is 11.9. The normalized spacial score (nSPS) is 10.3. The number of aromatic hydroxyl groups is 1. The zero-order chi connectivity index (χ0) is 14.0. The van der Waals surface area contributed by atoms with Gasteiger partial charge in [0.15, 0.2) is 0 Å². The molecule has 0 aliphatic heterocycles. The predicted octanol–water partition coefficient (Wildman–Crippen LogP) is 3.75. The van der Waals surface area contributed by atoms with E-state index in [-0.39, 0.29) is 0 Å². The van der Waals surface area contributed by atoms with E-state index in [0.717, 1.165) is 11.6 Å². The second kappa shape index (κ2) is 5.28. The van der Waals surface area contributed by atoms with E-state index in [1.54, 1.807) is 18.2 Å². The Morgan fingerprint density at radius 3 is 2.74 bits per heavy atom. The Hall–Kier alpha value is -2.07. The number of aryl methyl sites for hydroxylation is 1. The molecule has 0 spiro atoms. The highest BCUT2D eigenvalue weighted by atomic mass is 35.5. The van der Waals surface area contributed by atoms with Gasteiger partial charge in [0.25, 0.3) is 5.91 Å². The third kappa shape index (κ3) is 2.85. The lowest BCUT2D eigenvalue weighted by molar-refractivity contribution is 0.102. The molecule has 0 heterocycles. The summed E-state index contributed by atoms with van der Waals surface area (Å²) in [6.45, 7) is 1.84. The summed E-state index contributed by atoms with van der Waals surface area (Å²) in [5, 5.41) is 12.4. The van der Waals surface area contributed by atoms with Crippen molar-refractivity contribution in [3.63, 3.8) is 0 Å². The number of nitrogens with one attached hydrogen (secondary N) is 1. The van der Waals surface area contributed by atoms with Gasteiger partial charge in [0.2, 0.25) is 0 Å². The van der Waals surface area contributed by atoms with E-state index in [4.69, 9.17) is 11.6 Å². The minimum absolute atomic E-state index is 0.342. The molecule has 19 heavy (non-hydrogen) atoms. The van der Waals surface area contributed by atoms with Crippen molar-refractivity contribution < 1.29 is 14.3 Å². The summed E-state index contributed by atoms with van der Waals surface area (Å²) in [5.41, 5.74) is 0.867. The van der Waals surface area contributed by atoms with Gasteiger partial charge in [-0.25, -0.2) is 4.39 Å². The van der Waals surface area contributed by atoms with E-state index in [1.807, 2.05) is 6.92 Å². The SMILES string of the molecule is Cc1ccc(Cl)c(NC(=O)c2c(O)cccc2F)c1. The molecule has 2 rings (SSSR count). The van der Waals surface area contributed by atoms with Crippen LogP contribution in [0.25, 0.3) is 0 Å². The first-order valence-electron chi connectivity index (χ1n) is 5.54.